The van der Waals surface area contributed by atoms with Gasteiger partial charge in [-0.3, -0.25) is 4.68 Å². The van der Waals surface area contributed by atoms with Gasteiger partial charge in [-0.25, -0.2) is 4.98 Å². The van der Waals surface area contributed by atoms with Gasteiger partial charge in [0.15, 0.2) is 0 Å². The number of aromatic nitrogens is 3. The average Bonchev–Trinajstić information content (AvgIpc) is 2.93. The van der Waals surface area contributed by atoms with Crippen molar-refractivity contribution in [3.63, 3.8) is 0 Å². The van der Waals surface area contributed by atoms with E-state index in [-0.39, 0.29) is 0 Å². The Morgan fingerprint density at radius 1 is 1.25 bits per heavy atom. The van der Waals surface area contributed by atoms with Crippen LogP contribution in [0.1, 0.15) is 5.56 Å². The van der Waals surface area contributed by atoms with Crippen LogP contribution in [0.15, 0.2) is 30.5 Å². The van der Waals surface area contributed by atoms with Gasteiger partial charge in [0.2, 0.25) is 0 Å². The van der Waals surface area contributed by atoms with Gasteiger partial charge in [-0.15, -0.1) is 0 Å². The molecule has 0 bridgehead atoms. The van der Waals surface area contributed by atoms with E-state index < -0.39 is 0 Å². The molecular formula is C17H19IN4O2. The van der Waals surface area contributed by atoms with Crippen LogP contribution < -0.4 is 10.1 Å². The van der Waals surface area contributed by atoms with Crippen molar-refractivity contribution in [3.8, 4) is 5.75 Å². The molecule has 0 radical (unpaired) electrons. The van der Waals surface area contributed by atoms with Crippen LogP contribution in [0.2, 0.25) is 0 Å². The third kappa shape index (κ3) is 3.62. The third-order valence-electron chi connectivity index (χ3n) is 3.67. The van der Waals surface area contributed by atoms with Crippen molar-refractivity contribution in [1.82, 2.24) is 14.8 Å². The third-order valence-corrected chi connectivity index (χ3v) is 4.84. The first kappa shape index (κ1) is 17.0. The van der Waals surface area contributed by atoms with Crippen LogP contribution in [0.3, 0.4) is 0 Å². The minimum absolute atomic E-state index is 0.499. The van der Waals surface area contributed by atoms with E-state index in [0.717, 1.165) is 31.9 Å². The SMILES string of the molecule is COCCOc1cc(I)c(C)cc1Nc1ccc2c(cnn2C)n1. The summed E-state index contributed by atoms with van der Waals surface area (Å²) in [5.41, 5.74) is 3.92. The molecule has 24 heavy (non-hydrogen) atoms. The number of benzene rings is 1. The van der Waals surface area contributed by atoms with E-state index >= 15 is 0 Å². The van der Waals surface area contributed by atoms with Crippen LogP contribution >= 0.6 is 22.6 Å². The van der Waals surface area contributed by atoms with E-state index in [1.807, 2.05) is 25.2 Å². The number of ether oxygens (including phenoxy) is 2. The molecule has 2 heterocycles. The van der Waals surface area contributed by atoms with E-state index in [4.69, 9.17) is 9.47 Å². The second-order valence-electron chi connectivity index (χ2n) is 5.43. The smallest absolute Gasteiger partial charge is 0.143 e. The molecule has 126 valence electrons. The van der Waals surface area contributed by atoms with Crippen molar-refractivity contribution >= 4 is 45.1 Å². The van der Waals surface area contributed by atoms with Crippen LogP contribution in [0, 0.1) is 10.5 Å². The van der Waals surface area contributed by atoms with Crippen molar-refractivity contribution in [1.29, 1.82) is 0 Å². The predicted molar refractivity (Wildman–Crippen MR) is 103 cm³/mol. The highest BCUT2D eigenvalue weighted by molar-refractivity contribution is 14.1. The summed E-state index contributed by atoms with van der Waals surface area (Å²) in [4.78, 5) is 4.60. The Hall–Kier alpha value is -1.87. The topological polar surface area (TPSA) is 61.2 Å². The van der Waals surface area contributed by atoms with Crippen LogP contribution in [-0.4, -0.2) is 35.1 Å². The number of aryl methyl sites for hydroxylation is 2. The Balaban J connectivity index is 1.90. The van der Waals surface area contributed by atoms with Gasteiger partial charge in [0.25, 0.3) is 0 Å². The first-order chi connectivity index (χ1) is 11.6. The van der Waals surface area contributed by atoms with E-state index in [1.165, 1.54) is 5.56 Å². The number of hydrogen-bond donors (Lipinski definition) is 1. The lowest BCUT2D eigenvalue weighted by Gasteiger charge is -2.15. The highest BCUT2D eigenvalue weighted by Crippen LogP contribution is 2.31. The molecule has 3 aromatic rings. The minimum atomic E-state index is 0.499. The van der Waals surface area contributed by atoms with Gasteiger partial charge in [-0.2, -0.15) is 5.10 Å². The Bertz CT molecular complexity index is 863. The normalized spacial score (nSPS) is 11.0. The van der Waals surface area contributed by atoms with E-state index in [2.05, 4.69) is 51.0 Å². The number of pyridine rings is 1. The maximum absolute atomic E-state index is 5.84. The van der Waals surface area contributed by atoms with Crippen LogP contribution in [0.25, 0.3) is 11.0 Å². The van der Waals surface area contributed by atoms with Crippen molar-refractivity contribution in [3.05, 3.63) is 39.6 Å². The number of anilines is 2. The Morgan fingerprint density at radius 3 is 2.88 bits per heavy atom. The summed E-state index contributed by atoms with van der Waals surface area (Å²) >= 11 is 2.31. The molecule has 1 N–H and O–H groups in total. The number of nitrogens with zero attached hydrogens (tertiary/aromatic N) is 3. The summed E-state index contributed by atoms with van der Waals surface area (Å²) in [6, 6.07) is 8.04. The molecule has 0 atom stereocenters. The fraction of sp³-hybridized carbons (Fsp3) is 0.294. The quantitative estimate of drug-likeness (QED) is 0.471. The fourth-order valence-electron chi connectivity index (χ4n) is 2.36. The first-order valence-corrected chi connectivity index (χ1v) is 8.64. The second kappa shape index (κ2) is 7.35. The van der Waals surface area contributed by atoms with Crippen LogP contribution in [0.5, 0.6) is 5.75 Å². The lowest BCUT2D eigenvalue weighted by molar-refractivity contribution is 0.146. The van der Waals surface area contributed by atoms with Gasteiger partial charge in [-0.05, 0) is 59.3 Å². The zero-order valence-corrected chi connectivity index (χ0v) is 16.0. The lowest BCUT2D eigenvalue weighted by Crippen LogP contribution is -2.07. The monoisotopic (exact) mass is 438 g/mol. The number of nitrogens with one attached hydrogen (secondary N) is 1. The lowest BCUT2D eigenvalue weighted by atomic mass is 10.2. The molecule has 0 aliphatic heterocycles. The Kier molecular flexibility index (Phi) is 5.20. The van der Waals surface area contributed by atoms with Gasteiger partial charge >= 0.3 is 0 Å². The number of rotatable bonds is 6. The molecule has 1 aromatic carbocycles. The summed E-state index contributed by atoms with van der Waals surface area (Å²) in [5.74, 6) is 1.54. The number of hydrogen-bond acceptors (Lipinski definition) is 5. The van der Waals surface area contributed by atoms with E-state index in [9.17, 15) is 0 Å². The molecule has 0 unspecified atom stereocenters. The predicted octanol–water partition coefficient (Wildman–Crippen LogP) is 3.65. The largest absolute Gasteiger partial charge is 0.489 e. The number of fused-ring (bicyclic) bond motifs is 1. The van der Waals surface area contributed by atoms with Gasteiger partial charge in [0, 0.05) is 17.7 Å². The summed E-state index contributed by atoms with van der Waals surface area (Å²) < 4.78 is 13.9. The molecule has 7 heteroatoms. The highest BCUT2D eigenvalue weighted by Gasteiger charge is 2.10. The van der Waals surface area contributed by atoms with Crippen molar-refractivity contribution < 1.29 is 9.47 Å². The van der Waals surface area contributed by atoms with Crippen molar-refractivity contribution in [2.75, 3.05) is 25.6 Å². The maximum atomic E-state index is 5.84. The van der Waals surface area contributed by atoms with Crippen molar-refractivity contribution in [2.24, 2.45) is 7.05 Å². The molecule has 0 saturated heterocycles. The average molecular weight is 438 g/mol. The fourth-order valence-corrected chi connectivity index (χ4v) is 2.80. The van der Waals surface area contributed by atoms with Gasteiger partial charge in [0.1, 0.15) is 23.7 Å². The molecule has 2 aromatic heterocycles. The number of methoxy groups -OCH3 is 1. The highest BCUT2D eigenvalue weighted by atomic mass is 127. The zero-order valence-electron chi connectivity index (χ0n) is 13.8. The standard InChI is InChI=1S/C17H19IN4O2/c1-11-8-13(16(9-12(11)18)24-7-6-23-3)20-17-5-4-15-14(21-17)10-19-22(15)2/h4-5,8-10H,6-7H2,1-3H3,(H,20,21). The van der Waals surface area contributed by atoms with Crippen molar-refractivity contribution in [2.45, 2.75) is 6.92 Å². The van der Waals surface area contributed by atoms with Gasteiger partial charge < -0.3 is 14.8 Å². The minimum Gasteiger partial charge on any atom is -0.489 e. The van der Waals surface area contributed by atoms with E-state index in [1.54, 1.807) is 18.0 Å². The molecule has 0 aliphatic carbocycles. The number of halogens is 1. The van der Waals surface area contributed by atoms with Crippen LogP contribution in [0.4, 0.5) is 11.5 Å². The summed E-state index contributed by atoms with van der Waals surface area (Å²) in [7, 11) is 3.57. The molecule has 6 nitrogen and oxygen atoms in total. The second-order valence-corrected chi connectivity index (χ2v) is 6.60. The summed E-state index contributed by atoms with van der Waals surface area (Å²) in [6.45, 7) is 3.12. The molecule has 0 spiro atoms. The molecule has 0 fully saturated rings. The molecular weight excluding hydrogens is 419 g/mol. The first-order valence-electron chi connectivity index (χ1n) is 7.56. The van der Waals surface area contributed by atoms with Gasteiger partial charge in [0.05, 0.1) is 24.0 Å². The Labute approximate surface area is 154 Å². The molecule has 0 saturated carbocycles. The zero-order chi connectivity index (χ0) is 17.1. The summed E-state index contributed by atoms with van der Waals surface area (Å²) in [6.07, 6.45) is 1.76. The molecule has 0 aliphatic rings. The molecule has 3 rings (SSSR count). The van der Waals surface area contributed by atoms with Crippen LogP contribution in [-0.2, 0) is 11.8 Å². The van der Waals surface area contributed by atoms with Gasteiger partial charge in [-0.1, -0.05) is 0 Å². The Morgan fingerprint density at radius 2 is 2.08 bits per heavy atom. The molecule has 0 amide bonds. The summed E-state index contributed by atoms with van der Waals surface area (Å²) in [5, 5.41) is 7.58. The maximum Gasteiger partial charge on any atom is 0.143 e. The van der Waals surface area contributed by atoms with E-state index in [0.29, 0.717) is 13.2 Å².